The van der Waals surface area contributed by atoms with Gasteiger partial charge in [-0.25, -0.2) is 0 Å². The maximum Gasteiger partial charge on any atom is 0.312 e. The molecule has 11 heteroatoms. The Hall–Kier alpha value is -3.18. The van der Waals surface area contributed by atoms with Crippen molar-refractivity contribution in [3.8, 4) is 28.5 Å². The minimum Gasteiger partial charge on any atom is -0.449 e. The maximum atomic E-state index is 11.6. The molecule has 0 bridgehead atoms. The zero-order chi connectivity index (χ0) is 21.8. The highest BCUT2D eigenvalue weighted by atomic mass is 32.2. The van der Waals surface area contributed by atoms with Crippen LogP contribution >= 0.6 is 0 Å². The first kappa shape index (κ1) is 19.8. The van der Waals surface area contributed by atoms with Crippen molar-refractivity contribution < 1.29 is 22.3 Å². The normalized spacial score (nSPS) is 15.6. The van der Waals surface area contributed by atoms with Crippen LogP contribution in [0.5, 0.6) is 17.2 Å². The fourth-order valence-electron chi connectivity index (χ4n) is 4.20. The van der Waals surface area contributed by atoms with E-state index in [0.29, 0.717) is 28.9 Å². The van der Waals surface area contributed by atoms with E-state index in [1.165, 1.54) is 37.1 Å². The third-order valence-corrected chi connectivity index (χ3v) is 6.03. The second kappa shape index (κ2) is 7.20. The van der Waals surface area contributed by atoms with Gasteiger partial charge in [-0.15, -0.1) is 0 Å². The van der Waals surface area contributed by atoms with Crippen molar-refractivity contribution >= 4 is 26.7 Å². The molecule has 5 rings (SSSR count). The smallest absolute Gasteiger partial charge is 0.312 e. The molecule has 2 aliphatic rings. The zero-order valence-electron chi connectivity index (χ0n) is 16.8. The maximum absolute atomic E-state index is 11.6. The number of nitro groups is 1. The molecule has 0 atom stereocenters. The number of ether oxygens (including phenoxy) is 1. The molecule has 162 valence electrons. The van der Waals surface area contributed by atoms with Crippen LogP contribution in [-0.4, -0.2) is 53.9 Å². The van der Waals surface area contributed by atoms with E-state index in [-0.39, 0.29) is 17.2 Å². The molecule has 1 aromatic heterocycles. The molecule has 1 saturated heterocycles. The minimum atomic E-state index is -3.71. The Bertz CT molecular complexity index is 1310. The van der Waals surface area contributed by atoms with Crippen LogP contribution in [0.1, 0.15) is 12.8 Å². The molecular formula is C20H20N4O6S. The number of nitro benzene ring substituents is 1. The highest BCUT2D eigenvalue weighted by Gasteiger charge is 2.31. The molecule has 1 fully saturated rings. The van der Waals surface area contributed by atoms with Gasteiger partial charge >= 0.3 is 15.8 Å². The van der Waals surface area contributed by atoms with Crippen LogP contribution in [0, 0.1) is 10.1 Å². The SMILES string of the molecule is CS(=O)(=O)Oc1ccc2c(c1)-c1nn(CCN3CCCC3)c3ccc([N+](=O)[O-])c(c13)O2. The van der Waals surface area contributed by atoms with Gasteiger partial charge < -0.3 is 13.8 Å². The molecule has 0 saturated carbocycles. The van der Waals surface area contributed by atoms with Gasteiger partial charge in [0.05, 0.1) is 28.6 Å². The minimum absolute atomic E-state index is 0.124. The molecule has 0 amide bonds. The van der Waals surface area contributed by atoms with Crippen LogP contribution in [0.15, 0.2) is 30.3 Å². The number of nitrogens with zero attached hydrogens (tertiary/aromatic N) is 4. The Kier molecular flexibility index (Phi) is 4.59. The first-order valence-electron chi connectivity index (χ1n) is 9.92. The summed E-state index contributed by atoms with van der Waals surface area (Å²) in [5.74, 6) is 0.626. The van der Waals surface area contributed by atoms with Crippen molar-refractivity contribution in [2.45, 2.75) is 19.4 Å². The summed E-state index contributed by atoms with van der Waals surface area (Å²) in [6.07, 6.45) is 3.34. The Morgan fingerprint density at radius 2 is 1.97 bits per heavy atom. The lowest BCUT2D eigenvalue weighted by Crippen LogP contribution is -2.24. The molecule has 31 heavy (non-hydrogen) atoms. The summed E-state index contributed by atoms with van der Waals surface area (Å²) in [6.45, 7) is 3.57. The molecule has 2 aliphatic heterocycles. The van der Waals surface area contributed by atoms with Crippen molar-refractivity contribution in [1.82, 2.24) is 14.7 Å². The first-order valence-corrected chi connectivity index (χ1v) is 11.7. The summed E-state index contributed by atoms with van der Waals surface area (Å²) in [6, 6.07) is 7.63. The lowest BCUT2D eigenvalue weighted by molar-refractivity contribution is -0.385. The third-order valence-electron chi connectivity index (χ3n) is 5.54. The summed E-state index contributed by atoms with van der Waals surface area (Å²) in [7, 11) is -3.71. The lowest BCUT2D eigenvalue weighted by Gasteiger charge is -2.17. The van der Waals surface area contributed by atoms with Gasteiger partial charge in [-0.05, 0) is 50.2 Å². The number of likely N-dealkylation sites (tertiary alicyclic amines) is 1. The highest BCUT2D eigenvalue weighted by Crippen LogP contribution is 2.50. The Labute approximate surface area is 178 Å². The standard InChI is InChI=1S/C20H20N4O6S/c1-31(27,28)30-13-4-7-17-14(12-13)19-18-15(5-6-16(24(25)26)20(18)29-17)23(21-19)11-10-22-8-2-3-9-22/h4-7,12H,2-3,8-11H2,1H3. The van der Waals surface area contributed by atoms with Gasteiger partial charge in [-0.1, -0.05) is 0 Å². The summed E-state index contributed by atoms with van der Waals surface area (Å²) in [5.41, 5.74) is 1.62. The molecule has 10 nitrogen and oxygen atoms in total. The predicted octanol–water partition coefficient (Wildman–Crippen LogP) is 3.15. The van der Waals surface area contributed by atoms with E-state index in [1.807, 2.05) is 4.68 Å². The van der Waals surface area contributed by atoms with E-state index < -0.39 is 15.0 Å². The van der Waals surface area contributed by atoms with Crippen molar-refractivity contribution in [2.75, 3.05) is 25.9 Å². The summed E-state index contributed by atoms with van der Waals surface area (Å²) in [5, 5.41) is 16.9. The zero-order valence-corrected chi connectivity index (χ0v) is 17.6. The average Bonchev–Trinajstić information content (AvgIpc) is 3.34. The number of rotatable bonds is 6. The van der Waals surface area contributed by atoms with Gasteiger partial charge in [0.25, 0.3) is 0 Å². The number of hydrogen-bond acceptors (Lipinski definition) is 8. The van der Waals surface area contributed by atoms with Gasteiger partial charge in [0.2, 0.25) is 5.75 Å². The van der Waals surface area contributed by atoms with Crippen molar-refractivity contribution in [1.29, 1.82) is 0 Å². The summed E-state index contributed by atoms with van der Waals surface area (Å²) in [4.78, 5) is 13.5. The van der Waals surface area contributed by atoms with Crippen LogP contribution in [0.3, 0.4) is 0 Å². The average molecular weight is 444 g/mol. The van der Waals surface area contributed by atoms with Gasteiger partial charge in [0.1, 0.15) is 17.2 Å². The molecule has 0 aliphatic carbocycles. The van der Waals surface area contributed by atoms with Gasteiger partial charge in [-0.3, -0.25) is 14.8 Å². The second-order valence-corrected chi connectivity index (χ2v) is 9.31. The monoisotopic (exact) mass is 444 g/mol. The molecule has 0 N–H and O–H groups in total. The quantitative estimate of drug-likeness (QED) is 0.253. The van der Waals surface area contributed by atoms with E-state index in [4.69, 9.17) is 14.0 Å². The van der Waals surface area contributed by atoms with Crippen molar-refractivity contribution in [3.63, 3.8) is 0 Å². The molecule has 0 radical (unpaired) electrons. The summed E-state index contributed by atoms with van der Waals surface area (Å²) < 4.78 is 35.8. The number of aromatic nitrogens is 2. The van der Waals surface area contributed by atoms with E-state index >= 15 is 0 Å². The van der Waals surface area contributed by atoms with Gasteiger partial charge in [0.15, 0.2) is 0 Å². The topological polar surface area (TPSA) is 117 Å². The van der Waals surface area contributed by atoms with E-state index in [9.17, 15) is 18.5 Å². The van der Waals surface area contributed by atoms with E-state index in [2.05, 4.69) is 4.90 Å². The number of fused-ring (bicyclic) bond motifs is 2. The highest BCUT2D eigenvalue weighted by molar-refractivity contribution is 7.86. The second-order valence-electron chi connectivity index (χ2n) is 7.73. The predicted molar refractivity (Wildman–Crippen MR) is 113 cm³/mol. The van der Waals surface area contributed by atoms with Crippen LogP contribution in [-0.2, 0) is 16.7 Å². The third kappa shape index (κ3) is 3.59. The van der Waals surface area contributed by atoms with Crippen molar-refractivity contribution in [2.24, 2.45) is 0 Å². The van der Waals surface area contributed by atoms with Crippen molar-refractivity contribution in [3.05, 3.63) is 40.4 Å². The van der Waals surface area contributed by atoms with E-state index in [0.717, 1.165) is 31.4 Å². The fraction of sp³-hybridized carbons (Fsp3) is 0.350. The molecule has 0 unspecified atom stereocenters. The molecule has 3 aromatic rings. The fourth-order valence-corrected chi connectivity index (χ4v) is 4.65. The van der Waals surface area contributed by atoms with Crippen LogP contribution in [0.4, 0.5) is 5.69 Å². The number of benzene rings is 2. The van der Waals surface area contributed by atoms with Gasteiger partial charge in [-0.2, -0.15) is 13.5 Å². The Morgan fingerprint density at radius 3 is 2.68 bits per heavy atom. The van der Waals surface area contributed by atoms with Crippen LogP contribution < -0.4 is 8.92 Å². The largest absolute Gasteiger partial charge is 0.449 e. The molecule has 0 spiro atoms. The molecular weight excluding hydrogens is 424 g/mol. The Balaban J connectivity index is 1.64. The molecule has 2 aromatic carbocycles. The van der Waals surface area contributed by atoms with Crippen LogP contribution in [0.25, 0.3) is 22.2 Å². The van der Waals surface area contributed by atoms with Gasteiger partial charge in [0, 0.05) is 18.2 Å². The Morgan fingerprint density at radius 1 is 1.19 bits per heavy atom. The van der Waals surface area contributed by atoms with Crippen LogP contribution in [0.2, 0.25) is 0 Å². The summed E-state index contributed by atoms with van der Waals surface area (Å²) >= 11 is 0. The number of hydrogen-bond donors (Lipinski definition) is 0. The van der Waals surface area contributed by atoms with E-state index in [1.54, 1.807) is 6.07 Å². The lowest BCUT2D eigenvalue weighted by atomic mass is 10.0. The first-order chi connectivity index (χ1) is 14.8. The molecule has 3 heterocycles.